The topological polar surface area (TPSA) is 31.2 Å². The molecule has 0 atom stereocenters. The summed E-state index contributed by atoms with van der Waals surface area (Å²) in [5, 5.41) is 2.24. The molecule has 0 amide bonds. The van der Waals surface area contributed by atoms with Gasteiger partial charge in [0, 0.05) is 21.8 Å². The van der Waals surface area contributed by atoms with Crippen molar-refractivity contribution in [2.24, 2.45) is 0 Å². The highest BCUT2D eigenvalue weighted by atomic mass is 16.5. The number of carbonyl (C=O) groups is 1. The number of rotatable bonds is 2. The van der Waals surface area contributed by atoms with Gasteiger partial charge in [-0.25, -0.2) is 0 Å². The first-order valence-corrected chi connectivity index (χ1v) is 5.75. The Balaban J connectivity index is 2.34. The van der Waals surface area contributed by atoms with Crippen LogP contribution in [0.5, 0.6) is 0 Å². The van der Waals surface area contributed by atoms with Crippen molar-refractivity contribution in [3.05, 3.63) is 48.5 Å². The van der Waals surface area contributed by atoms with Crippen LogP contribution < -0.4 is 0 Å². The minimum Gasteiger partial charge on any atom is -0.468 e. The molecule has 0 saturated heterocycles. The van der Waals surface area contributed by atoms with Crippen LogP contribution in [0.15, 0.2) is 42.5 Å². The predicted molar refractivity (Wildman–Crippen MR) is 70.3 cm³/mol. The van der Waals surface area contributed by atoms with Crippen molar-refractivity contribution < 1.29 is 9.53 Å². The van der Waals surface area contributed by atoms with E-state index in [9.17, 15) is 4.79 Å². The average Bonchev–Trinajstić information content (AvgIpc) is 2.74. The molecule has 0 aliphatic heterocycles. The molecule has 0 N–H and O–H groups in total. The molecule has 1 aromatic heterocycles. The molecule has 0 aliphatic rings. The van der Waals surface area contributed by atoms with Gasteiger partial charge >= 0.3 is 5.97 Å². The molecular formula is C15H12NO2. The van der Waals surface area contributed by atoms with Crippen molar-refractivity contribution in [1.29, 1.82) is 0 Å². The van der Waals surface area contributed by atoms with Crippen LogP contribution in [-0.2, 0) is 16.1 Å². The van der Waals surface area contributed by atoms with Crippen molar-refractivity contribution in [2.45, 2.75) is 6.54 Å². The van der Waals surface area contributed by atoms with Gasteiger partial charge in [-0.15, -0.1) is 0 Å². The molecule has 0 bridgehead atoms. The first-order chi connectivity index (χ1) is 8.81. The van der Waals surface area contributed by atoms with Gasteiger partial charge in [-0.2, -0.15) is 0 Å². The molecule has 0 spiro atoms. The third-order valence-electron chi connectivity index (χ3n) is 3.13. The lowest BCUT2D eigenvalue weighted by Crippen LogP contribution is -2.11. The molecule has 3 heteroatoms. The Kier molecular flexibility index (Phi) is 2.52. The van der Waals surface area contributed by atoms with E-state index < -0.39 is 0 Å². The lowest BCUT2D eigenvalue weighted by atomic mass is 10.2. The Hall–Kier alpha value is -2.29. The Morgan fingerprint density at radius 2 is 2.00 bits per heavy atom. The second-order valence-electron chi connectivity index (χ2n) is 4.12. The largest absolute Gasteiger partial charge is 0.468 e. The van der Waals surface area contributed by atoms with Gasteiger partial charge in [-0.3, -0.25) is 4.79 Å². The molecule has 0 saturated carbocycles. The molecule has 2 aromatic carbocycles. The molecule has 1 heterocycles. The molecule has 3 nitrogen and oxygen atoms in total. The van der Waals surface area contributed by atoms with E-state index in [0.29, 0.717) is 0 Å². The molecular weight excluding hydrogens is 226 g/mol. The van der Waals surface area contributed by atoms with Crippen LogP contribution in [0.2, 0.25) is 0 Å². The van der Waals surface area contributed by atoms with E-state index >= 15 is 0 Å². The summed E-state index contributed by atoms with van der Waals surface area (Å²) in [5.41, 5.74) is 2.07. The smallest absolute Gasteiger partial charge is 0.325 e. The molecule has 0 fully saturated rings. The zero-order valence-corrected chi connectivity index (χ0v) is 10.0. The van der Waals surface area contributed by atoms with E-state index in [1.54, 1.807) is 0 Å². The third kappa shape index (κ3) is 1.56. The number of nitrogens with zero attached hydrogens (tertiary/aromatic N) is 1. The standard InChI is InChI=1S/C15H12NO2/c1-18-15(17)10-16-13-8-4-2-6-11(13)12-7-3-5-9-14(12)16/h2,4-9H,10H2,1H3. The zero-order valence-electron chi connectivity index (χ0n) is 10.0. The lowest BCUT2D eigenvalue weighted by Gasteiger charge is -2.05. The van der Waals surface area contributed by atoms with Crippen LogP contribution in [0.25, 0.3) is 21.8 Å². The normalized spacial score (nSPS) is 10.9. The summed E-state index contributed by atoms with van der Waals surface area (Å²) in [6.45, 7) is 0.227. The molecule has 1 radical (unpaired) electrons. The number of fused-ring (bicyclic) bond motifs is 3. The summed E-state index contributed by atoms with van der Waals surface area (Å²) >= 11 is 0. The van der Waals surface area contributed by atoms with Crippen LogP contribution in [-0.4, -0.2) is 17.6 Å². The average molecular weight is 238 g/mol. The first-order valence-electron chi connectivity index (χ1n) is 5.75. The molecule has 18 heavy (non-hydrogen) atoms. The van der Waals surface area contributed by atoms with Gasteiger partial charge in [-0.1, -0.05) is 24.3 Å². The maximum Gasteiger partial charge on any atom is 0.325 e. The Bertz CT molecular complexity index is 674. The Morgan fingerprint density at radius 1 is 1.22 bits per heavy atom. The van der Waals surface area contributed by atoms with Gasteiger partial charge in [0.25, 0.3) is 0 Å². The van der Waals surface area contributed by atoms with E-state index in [2.05, 4.69) is 12.1 Å². The van der Waals surface area contributed by atoms with Gasteiger partial charge in [0.2, 0.25) is 0 Å². The maximum absolute atomic E-state index is 11.5. The summed E-state index contributed by atoms with van der Waals surface area (Å²) < 4.78 is 6.73. The number of aromatic nitrogens is 1. The van der Waals surface area contributed by atoms with E-state index in [4.69, 9.17) is 4.74 Å². The number of para-hydroxylation sites is 1. The number of hydrogen-bond acceptors (Lipinski definition) is 2. The van der Waals surface area contributed by atoms with Crippen molar-refractivity contribution in [2.75, 3.05) is 7.11 Å². The predicted octanol–water partition coefficient (Wildman–Crippen LogP) is 2.77. The highest BCUT2D eigenvalue weighted by Crippen LogP contribution is 2.28. The van der Waals surface area contributed by atoms with Gasteiger partial charge in [0.15, 0.2) is 0 Å². The zero-order chi connectivity index (χ0) is 12.5. The Labute approximate surface area is 105 Å². The monoisotopic (exact) mass is 238 g/mol. The highest BCUT2D eigenvalue weighted by Gasteiger charge is 2.12. The first kappa shape index (κ1) is 10.8. The summed E-state index contributed by atoms with van der Waals surface area (Å²) in [6, 6.07) is 16.9. The second kappa shape index (κ2) is 4.18. The van der Waals surface area contributed by atoms with Crippen molar-refractivity contribution in [3.63, 3.8) is 0 Å². The van der Waals surface area contributed by atoms with Gasteiger partial charge < -0.3 is 9.30 Å². The van der Waals surface area contributed by atoms with E-state index in [1.165, 1.54) is 7.11 Å². The fourth-order valence-corrected chi connectivity index (χ4v) is 2.30. The maximum atomic E-state index is 11.5. The summed E-state index contributed by atoms with van der Waals surface area (Å²) in [7, 11) is 1.41. The highest BCUT2D eigenvalue weighted by molar-refractivity contribution is 6.08. The fourth-order valence-electron chi connectivity index (χ4n) is 2.30. The van der Waals surface area contributed by atoms with E-state index in [1.807, 2.05) is 41.0 Å². The summed E-state index contributed by atoms with van der Waals surface area (Å²) in [6.07, 6.45) is 0. The van der Waals surface area contributed by atoms with Crippen molar-refractivity contribution in [1.82, 2.24) is 4.57 Å². The summed E-state index contributed by atoms with van der Waals surface area (Å²) in [4.78, 5) is 11.5. The van der Waals surface area contributed by atoms with E-state index in [-0.39, 0.29) is 12.5 Å². The molecule has 0 unspecified atom stereocenters. The molecule has 0 aliphatic carbocycles. The molecule has 3 rings (SSSR count). The molecule has 3 aromatic rings. The Morgan fingerprint density at radius 3 is 2.83 bits per heavy atom. The van der Waals surface area contributed by atoms with Crippen LogP contribution in [0, 0.1) is 6.07 Å². The van der Waals surface area contributed by atoms with Crippen LogP contribution in [0.4, 0.5) is 0 Å². The number of esters is 1. The number of ether oxygens (including phenoxy) is 1. The minimum atomic E-state index is -0.245. The SMILES string of the molecule is COC(=O)Cn1c2cc[c]cc2c2ccccc21. The minimum absolute atomic E-state index is 0.227. The van der Waals surface area contributed by atoms with Crippen molar-refractivity contribution >= 4 is 27.8 Å². The van der Waals surface area contributed by atoms with E-state index in [0.717, 1.165) is 21.8 Å². The van der Waals surface area contributed by atoms with Crippen LogP contribution in [0.3, 0.4) is 0 Å². The second-order valence-corrected chi connectivity index (χ2v) is 4.12. The number of hydrogen-bond donors (Lipinski definition) is 0. The third-order valence-corrected chi connectivity index (χ3v) is 3.13. The van der Waals surface area contributed by atoms with Gasteiger partial charge in [0.05, 0.1) is 7.11 Å². The van der Waals surface area contributed by atoms with Crippen LogP contribution in [0.1, 0.15) is 0 Å². The van der Waals surface area contributed by atoms with Crippen LogP contribution >= 0.6 is 0 Å². The summed E-state index contributed by atoms with van der Waals surface area (Å²) in [5.74, 6) is -0.245. The van der Waals surface area contributed by atoms with Gasteiger partial charge in [-0.05, 0) is 24.3 Å². The molecule has 89 valence electrons. The van der Waals surface area contributed by atoms with Gasteiger partial charge in [0.1, 0.15) is 6.54 Å². The lowest BCUT2D eigenvalue weighted by molar-refractivity contribution is -0.141. The number of carbonyl (C=O) groups excluding carboxylic acids is 1. The number of benzene rings is 2. The quantitative estimate of drug-likeness (QED) is 0.643. The van der Waals surface area contributed by atoms with Crippen molar-refractivity contribution in [3.8, 4) is 0 Å². The number of methoxy groups -OCH3 is 1. The fraction of sp³-hybridized carbons (Fsp3) is 0.133.